The van der Waals surface area contributed by atoms with Crippen LogP contribution in [0.25, 0.3) is 11.3 Å². The average Bonchev–Trinajstić information content (AvgIpc) is 3.19. The third kappa shape index (κ3) is 3.74. The van der Waals surface area contributed by atoms with Crippen molar-refractivity contribution in [3.8, 4) is 11.3 Å². The molecule has 1 fully saturated rings. The lowest BCUT2D eigenvalue weighted by Crippen LogP contribution is -2.24. The molecular weight excluding hydrogens is 326 g/mol. The maximum absolute atomic E-state index is 11.6. The highest BCUT2D eigenvalue weighted by Gasteiger charge is 2.26. The number of hydrogen-bond acceptors (Lipinski definition) is 6. The van der Waals surface area contributed by atoms with E-state index in [1.165, 1.54) is 6.21 Å². The molecule has 1 aliphatic heterocycles. The first kappa shape index (κ1) is 16.4. The van der Waals surface area contributed by atoms with E-state index in [1.54, 1.807) is 43.3 Å². The van der Waals surface area contributed by atoms with Crippen molar-refractivity contribution < 1.29 is 23.5 Å². The minimum Gasteiger partial charge on any atom is -0.462 e. The number of furan rings is 1. The molecule has 1 saturated heterocycles. The van der Waals surface area contributed by atoms with Crippen LogP contribution in [0, 0.1) is 0 Å². The number of carbonyl (C=O) groups excluding carboxylic acids is 3. The second-order valence-electron chi connectivity index (χ2n) is 5.16. The third-order valence-electron chi connectivity index (χ3n) is 3.41. The monoisotopic (exact) mass is 341 g/mol. The molecule has 1 aromatic carbocycles. The Balaban J connectivity index is 1.70. The molecular formula is C17H15N3O5. The first-order valence-electron chi connectivity index (χ1n) is 7.59. The minimum atomic E-state index is -0.567. The van der Waals surface area contributed by atoms with Crippen molar-refractivity contribution in [2.24, 2.45) is 5.10 Å². The van der Waals surface area contributed by atoms with Gasteiger partial charge in [-0.2, -0.15) is 5.10 Å². The van der Waals surface area contributed by atoms with Crippen LogP contribution < -0.4 is 5.32 Å². The van der Waals surface area contributed by atoms with Crippen LogP contribution >= 0.6 is 0 Å². The number of nitrogens with zero attached hydrogens (tertiary/aromatic N) is 2. The number of hydrazone groups is 1. The number of esters is 1. The van der Waals surface area contributed by atoms with Gasteiger partial charge in [-0.25, -0.2) is 14.6 Å². The van der Waals surface area contributed by atoms with Crippen molar-refractivity contribution in [2.75, 3.05) is 13.2 Å². The number of amides is 3. The molecule has 3 rings (SSSR count). The van der Waals surface area contributed by atoms with E-state index in [0.717, 1.165) is 10.6 Å². The molecule has 25 heavy (non-hydrogen) atoms. The number of ether oxygens (including phenoxy) is 1. The quantitative estimate of drug-likeness (QED) is 0.509. The number of nitrogens with one attached hydrogen (secondary N) is 1. The van der Waals surface area contributed by atoms with Gasteiger partial charge in [-0.1, -0.05) is 12.1 Å². The lowest BCUT2D eigenvalue weighted by molar-refractivity contribution is -0.118. The number of rotatable bonds is 5. The van der Waals surface area contributed by atoms with Gasteiger partial charge in [0.05, 0.1) is 18.4 Å². The second kappa shape index (κ2) is 7.00. The zero-order valence-electron chi connectivity index (χ0n) is 13.4. The van der Waals surface area contributed by atoms with Crippen molar-refractivity contribution >= 4 is 24.1 Å². The molecule has 1 aliphatic rings. The molecule has 1 N–H and O–H groups in total. The molecule has 3 amide bonds. The molecule has 0 aliphatic carbocycles. The van der Waals surface area contributed by atoms with E-state index in [0.29, 0.717) is 23.7 Å². The van der Waals surface area contributed by atoms with Crippen LogP contribution in [0.3, 0.4) is 0 Å². The fourth-order valence-electron chi connectivity index (χ4n) is 2.21. The summed E-state index contributed by atoms with van der Waals surface area (Å²) in [6.45, 7) is 1.96. The summed E-state index contributed by atoms with van der Waals surface area (Å²) in [7, 11) is 0. The van der Waals surface area contributed by atoms with Crippen LogP contribution in [-0.2, 0) is 9.53 Å². The van der Waals surface area contributed by atoms with Crippen LogP contribution in [0.5, 0.6) is 0 Å². The van der Waals surface area contributed by atoms with Crippen molar-refractivity contribution in [3.05, 3.63) is 47.7 Å². The first-order valence-corrected chi connectivity index (χ1v) is 7.59. The standard InChI is InChI=1S/C17H15N3O5/c1-2-24-16(22)12-5-3-11(4-6-12)14-8-7-13(25-14)9-18-20-10-15(21)19-17(20)23/h3-9H,2,10H2,1H3,(H,19,21,23)/b18-9-. The number of benzene rings is 1. The molecule has 8 nitrogen and oxygen atoms in total. The largest absolute Gasteiger partial charge is 0.462 e. The normalized spacial score (nSPS) is 14.2. The van der Waals surface area contributed by atoms with Crippen LogP contribution in [0.4, 0.5) is 4.79 Å². The van der Waals surface area contributed by atoms with Gasteiger partial charge in [0.2, 0.25) is 5.91 Å². The van der Waals surface area contributed by atoms with Crippen molar-refractivity contribution in [1.29, 1.82) is 0 Å². The number of urea groups is 1. The van der Waals surface area contributed by atoms with Crippen LogP contribution in [0.1, 0.15) is 23.0 Å². The third-order valence-corrected chi connectivity index (χ3v) is 3.41. The Hall–Kier alpha value is -3.42. The number of hydrogen-bond donors (Lipinski definition) is 1. The van der Waals surface area contributed by atoms with E-state index in [2.05, 4.69) is 10.4 Å². The van der Waals surface area contributed by atoms with Gasteiger partial charge < -0.3 is 9.15 Å². The van der Waals surface area contributed by atoms with Gasteiger partial charge in [0.1, 0.15) is 18.1 Å². The summed E-state index contributed by atoms with van der Waals surface area (Å²) in [5.74, 6) is 0.235. The summed E-state index contributed by atoms with van der Waals surface area (Å²) in [5.41, 5.74) is 1.24. The molecule has 0 spiro atoms. The zero-order valence-corrected chi connectivity index (χ0v) is 13.4. The van der Waals surface area contributed by atoms with Gasteiger partial charge in [0.15, 0.2) is 0 Å². The Morgan fingerprint density at radius 1 is 1.28 bits per heavy atom. The fourth-order valence-corrected chi connectivity index (χ4v) is 2.21. The maximum atomic E-state index is 11.6. The summed E-state index contributed by atoms with van der Waals surface area (Å²) < 4.78 is 10.6. The van der Waals surface area contributed by atoms with E-state index < -0.39 is 11.9 Å². The lowest BCUT2D eigenvalue weighted by Gasteiger charge is -2.03. The molecule has 0 unspecified atom stereocenters. The number of imide groups is 1. The van der Waals surface area contributed by atoms with E-state index in [-0.39, 0.29) is 12.5 Å². The van der Waals surface area contributed by atoms with Crippen molar-refractivity contribution in [2.45, 2.75) is 6.92 Å². The van der Waals surface area contributed by atoms with E-state index >= 15 is 0 Å². The molecule has 0 saturated carbocycles. The molecule has 128 valence electrons. The first-order chi connectivity index (χ1) is 12.1. The Bertz CT molecular complexity index is 838. The molecule has 0 radical (unpaired) electrons. The SMILES string of the molecule is CCOC(=O)c1ccc(-c2ccc(/C=N\N3CC(=O)NC3=O)o2)cc1. The smallest absolute Gasteiger partial charge is 0.344 e. The van der Waals surface area contributed by atoms with Gasteiger partial charge in [-0.15, -0.1) is 0 Å². The van der Waals surface area contributed by atoms with Gasteiger partial charge >= 0.3 is 12.0 Å². The Morgan fingerprint density at radius 2 is 2.04 bits per heavy atom. The summed E-state index contributed by atoms with van der Waals surface area (Å²) in [5, 5.41) is 7.05. The molecule has 0 atom stereocenters. The Labute approximate surface area is 143 Å². The summed E-state index contributed by atoms with van der Waals surface area (Å²) in [6, 6.07) is 9.68. The van der Waals surface area contributed by atoms with Crippen LogP contribution in [-0.4, -0.2) is 42.3 Å². The predicted octanol–water partition coefficient (Wildman–Crippen LogP) is 2.01. The predicted molar refractivity (Wildman–Crippen MR) is 87.9 cm³/mol. The average molecular weight is 341 g/mol. The van der Waals surface area contributed by atoms with Crippen LogP contribution in [0.2, 0.25) is 0 Å². The molecule has 1 aromatic heterocycles. The highest BCUT2D eigenvalue weighted by atomic mass is 16.5. The molecule has 0 bridgehead atoms. The fraction of sp³-hybridized carbons (Fsp3) is 0.176. The minimum absolute atomic E-state index is 0.113. The van der Waals surface area contributed by atoms with Gasteiger partial charge in [0, 0.05) is 5.56 Å². The Kier molecular flexibility index (Phi) is 4.60. The lowest BCUT2D eigenvalue weighted by atomic mass is 10.1. The van der Waals surface area contributed by atoms with Crippen LogP contribution in [0.15, 0.2) is 45.9 Å². The Morgan fingerprint density at radius 3 is 2.68 bits per heavy atom. The van der Waals surface area contributed by atoms with Gasteiger partial charge in [-0.05, 0) is 31.2 Å². The number of carbonyl (C=O) groups is 3. The maximum Gasteiger partial charge on any atom is 0.344 e. The summed E-state index contributed by atoms with van der Waals surface area (Å²) in [4.78, 5) is 34.1. The summed E-state index contributed by atoms with van der Waals surface area (Å²) >= 11 is 0. The molecule has 2 aromatic rings. The van der Waals surface area contributed by atoms with E-state index in [1.807, 2.05) is 0 Å². The van der Waals surface area contributed by atoms with E-state index in [9.17, 15) is 14.4 Å². The molecule has 2 heterocycles. The second-order valence-corrected chi connectivity index (χ2v) is 5.16. The van der Waals surface area contributed by atoms with E-state index in [4.69, 9.17) is 9.15 Å². The van der Waals surface area contributed by atoms with Crippen molar-refractivity contribution in [1.82, 2.24) is 10.3 Å². The zero-order chi connectivity index (χ0) is 17.8. The van der Waals surface area contributed by atoms with Gasteiger partial charge in [-0.3, -0.25) is 10.1 Å². The highest BCUT2D eigenvalue weighted by molar-refractivity contribution is 6.02. The van der Waals surface area contributed by atoms with Crippen molar-refractivity contribution in [3.63, 3.8) is 0 Å². The summed E-state index contributed by atoms with van der Waals surface area (Å²) in [6.07, 6.45) is 1.36. The van der Waals surface area contributed by atoms with Gasteiger partial charge in [0.25, 0.3) is 0 Å². The molecule has 8 heteroatoms. The highest BCUT2D eigenvalue weighted by Crippen LogP contribution is 2.22. The topological polar surface area (TPSA) is 101 Å².